The molecule has 0 radical (unpaired) electrons. The molecule has 1 aromatic rings. The van der Waals surface area contributed by atoms with E-state index in [1.54, 1.807) is 11.8 Å². The first-order chi connectivity index (χ1) is 8.79. The molecular weight excluding hydrogens is 240 g/mol. The molecule has 0 aromatic heterocycles. The second-order valence-electron chi connectivity index (χ2n) is 4.64. The highest BCUT2D eigenvalue weighted by Gasteiger charge is 2.09. The Morgan fingerprint density at radius 1 is 1.06 bits per heavy atom. The van der Waals surface area contributed by atoms with Gasteiger partial charge in [-0.1, -0.05) is 57.2 Å². The van der Waals surface area contributed by atoms with Crippen molar-refractivity contribution < 1.29 is 4.79 Å². The molecule has 0 N–H and O–H groups in total. The Morgan fingerprint density at radius 3 is 2.44 bits per heavy atom. The summed E-state index contributed by atoms with van der Waals surface area (Å²) in [6.07, 6.45) is 10.1. The fourth-order valence-corrected chi connectivity index (χ4v) is 2.69. The van der Waals surface area contributed by atoms with Crippen molar-refractivity contribution in [1.29, 1.82) is 0 Å². The minimum Gasteiger partial charge on any atom is -0.294 e. The van der Waals surface area contributed by atoms with E-state index >= 15 is 0 Å². The van der Waals surface area contributed by atoms with Crippen LogP contribution < -0.4 is 0 Å². The van der Waals surface area contributed by atoms with Gasteiger partial charge < -0.3 is 0 Å². The van der Waals surface area contributed by atoms with Gasteiger partial charge in [-0.15, -0.1) is 11.8 Å². The fraction of sp³-hybridized carbons (Fsp3) is 0.562. The van der Waals surface area contributed by atoms with Crippen molar-refractivity contribution in [2.45, 2.75) is 56.8 Å². The summed E-state index contributed by atoms with van der Waals surface area (Å²) in [6, 6.07) is 7.92. The summed E-state index contributed by atoms with van der Waals surface area (Å²) >= 11 is 1.65. The van der Waals surface area contributed by atoms with Gasteiger partial charge in [0.15, 0.2) is 5.78 Å². The van der Waals surface area contributed by atoms with E-state index in [1.807, 2.05) is 30.5 Å². The molecule has 0 saturated carbocycles. The maximum absolute atomic E-state index is 12.1. The first kappa shape index (κ1) is 15.3. The molecule has 0 aliphatic rings. The van der Waals surface area contributed by atoms with Crippen LogP contribution in [-0.2, 0) is 0 Å². The van der Waals surface area contributed by atoms with Gasteiger partial charge in [0.25, 0.3) is 0 Å². The Bertz CT molecular complexity index is 360. The van der Waals surface area contributed by atoms with Gasteiger partial charge >= 0.3 is 0 Å². The molecule has 0 saturated heterocycles. The van der Waals surface area contributed by atoms with Gasteiger partial charge in [-0.25, -0.2) is 0 Å². The first-order valence-electron chi connectivity index (χ1n) is 6.95. The Morgan fingerprint density at radius 2 is 1.72 bits per heavy atom. The molecule has 0 bridgehead atoms. The molecule has 0 amide bonds. The molecule has 1 nitrogen and oxygen atoms in total. The van der Waals surface area contributed by atoms with Crippen molar-refractivity contribution in [3.8, 4) is 0 Å². The third kappa shape index (κ3) is 5.26. The Labute approximate surface area is 115 Å². The van der Waals surface area contributed by atoms with E-state index in [1.165, 1.54) is 32.1 Å². The van der Waals surface area contributed by atoms with Crippen molar-refractivity contribution >= 4 is 17.5 Å². The Balaban J connectivity index is 2.32. The van der Waals surface area contributed by atoms with Crippen LogP contribution in [0.25, 0.3) is 0 Å². The average molecular weight is 264 g/mol. The molecule has 0 heterocycles. The number of hydrogen-bond acceptors (Lipinski definition) is 2. The van der Waals surface area contributed by atoms with Crippen molar-refractivity contribution in [2.75, 3.05) is 6.26 Å². The Hall–Kier alpha value is -0.760. The molecule has 2 heteroatoms. The fourth-order valence-electron chi connectivity index (χ4n) is 2.08. The minimum absolute atomic E-state index is 0.301. The van der Waals surface area contributed by atoms with Gasteiger partial charge in [0, 0.05) is 16.9 Å². The number of Topliss-reactive ketones (excluding diaryl/α,β-unsaturated/α-hetero) is 1. The van der Waals surface area contributed by atoms with Crippen LogP contribution in [0.15, 0.2) is 29.2 Å². The van der Waals surface area contributed by atoms with Crippen molar-refractivity contribution in [3.63, 3.8) is 0 Å². The van der Waals surface area contributed by atoms with Crippen molar-refractivity contribution in [3.05, 3.63) is 29.8 Å². The third-order valence-corrected chi connectivity index (χ3v) is 3.96. The lowest BCUT2D eigenvalue weighted by Crippen LogP contribution is -2.00. The van der Waals surface area contributed by atoms with Crippen LogP contribution in [0.2, 0.25) is 0 Å². The molecule has 1 rings (SSSR count). The van der Waals surface area contributed by atoms with Gasteiger partial charge in [-0.3, -0.25) is 4.79 Å². The number of hydrogen-bond donors (Lipinski definition) is 0. The molecule has 1 aromatic carbocycles. The maximum Gasteiger partial charge on any atom is 0.163 e. The van der Waals surface area contributed by atoms with E-state index in [-0.39, 0.29) is 0 Å². The average Bonchev–Trinajstić information content (AvgIpc) is 2.42. The van der Waals surface area contributed by atoms with Gasteiger partial charge in [-0.2, -0.15) is 0 Å². The SMILES string of the molecule is CCCCCCCCC(=O)c1ccccc1SC. The largest absolute Gasteiger partial charge is 0.294 e. The molecule has 0 aliphatic heterocycles. The number of ketones is 1. The second-order valence-corrected chi connectivity index (χ2v) is 5.49. The van der Waals surface area contributed by atoms with Crippen molar-refractivity contribution in [1.82, 2.24) is 0 Å². The number of rotatable bonds is 9. The van der Waals surface area contributed by atoms with Crippen LogP contribution in [-0.4, -0.2) is 12.0 Å². The van der Waals surface area contributed by atoms with Crippen molar-refractivity contribution in [2.24, 2.45) is 0 Å². The molecule has 0 unspecified atom stereocenters. The van der Waals surface area contributed by atoms with Gasteiger partial charge in [0.05, 0.1) is 0 Å². The number of benzene rings is 1. The zero-order valence-corrected chi connectivity index (χ0v) is 12.4. The summed E-state index contributed by atoms with van der Waals surface area (Å²) in [5.41, 5.74) is 0.901. The second kappa shape index (κ2) is 9.21. The quantitative estimate of drug-likeness (QED) is 0.340. The molecule has 0 atom stereocenters. The standard InChI is InChI=1S/C16H24OS/c1-3-4-5-6-7-8-12-15(17)14-11-9-10-13-16(14)18-2/h9-11,13H,3-8,12H2,1-2H3. The lowest BCUT2D eigenvalue weighted by Gasteiger charge is -2.06. The van der Waals surface area contributed by atoms with Gasteiger partial charge in [0.2, 0.25) is 0 Å². The minimum atomic E-state index is 0.301. The zero-order chi connectivity index (χ0) is 13.2. The highest BCUT2D eigenvalue weighted by atomic mass is 32.2. The van der Waals surface area contributed by atoms with Crippen LogP contribution in [0.5, 0.6) is 0 Å². The van der Waals surface area contributed by atoms with Gasteiger partial charge in [0.1, 0.15) is 0 Å². The number of thioether (sulfide) groups is 1. The molecule has 0 fully saturated rings. The summed E-state index contributed by atoms with van der Waals surface area (Å²) in [5, 5.41) is 0. The smallest absolute Gasteiger partial charge is 0.163 e. The third-order valence-electron chi connectivity index (χ3n) is 3.16. The van der Waals surface area contributed by atoms with E-state index in [4.69, 9.17) is 0 Å². The van der Waals surface area contributed by atoms with E-state index in [2.05, 4.69) is 6.92 Å². The monoisotopic (exact) mass is 264 g/mol. The van der Waals surface area contributed by atoms with Crippen LogP contribution in [0.4, 0.5) is 0 Å². The van der Waals surface area contributed by atoms with Crippen LogP contribution >= 0.6 is 11.8 Å². The summed E-state index contributed by atoms with van der Waals surface area (Å²) in [7, 11) is 0. The zero-order valence-electron chi connectivity index (χ0n) is 11.6. The summed E-state index contributed by atoms with van der Waals surface area (Å²) < 4.78 is 0. The predicted octanol–water partition coefficient (Wildman–Crippen LogP) is 5.34. The topological polar surface area (TPSA) is 17.1 Å². The van der Waals surface area contributed by atoms with Gasteiger partial charge in [-0.05, 0) is 18.7 Å². The summed E-state index contributed by atoms with van der Waals surface area (Å²) in [4.78, 5) is 13.2. The molecule has 0 spiro atoms. The van der Waals surface area contributed by atoms with Crippen LogP contribution in [0, 0.1) is 0 Å². The van der Waals surface area contributed by atoms with E-state index in [9.17, 15) is 4.79 Å². The normalized spacial score (nSPS) is 10.6. The van der Waals surface area contributed by atoms with E-state index in [0.29, 0.717) is 12.2 Å². The van der Waals surface area contributed by atoms with Crippen LogP contribution in [0.1, 0.15) is 62.2 Å². The predicted molar refractivity (Wildman–Crippen MR) is 80.5 cm³/mol. The van der Waals surface area contributed by atoms with Crippen LogP contribution in [0.3, 0.4) is 0 Å². The molecular formula is C16H24OS. The lowest BCUT2D eigenvalue weighted by atomic mass is 10.0. The number of carbonyl (C=O) groups excluding carboxylic acids is 1. The molecule has 100 valence electrons. The van der Waals surface area contributed by atoms with E-state index in [0.717, 1.165) is 16.9 Å². The van der Waals surface area contributed by atoms with E-state index < -0.39 is 0 Å². The highest BCUT2D eigenvalue weighted by Crippen LogP contribution is 2.22. The first-order valence-corrected chi connectivity index (χ1v) is 8.18. The number of unbranched alkanes of at least 4 members (excludes halogenated alkanes) is 5. The highest BCUT2D eigenvalue weighted by molar-refractivity contribution is 7.98. The molecule has 0 aliphatic carbocycles. The summed E-state index contributed by atoms with van der Waals surface area (Å²) in [6.45, 7) is 2.23. The molecule has 18 heavy (non-hydrogen) atoms. The Kier molecular flexibility index (Phi) is 7.83. The number of carbonyl (C=O) groups is 1. The lowest BCUT2D eigenvalue weighted by molar-refractivity contribution is 0.0976. The maximum atomic E-state index is 12.1. The summed E-state index contributed by atoms with van der Waals surface area (Å²) in [5.74, 6) is 0.301.